The van der Waals surface area contributed by atoms with Crippen molar-refractivity contribution in [1.82, 2.24) is 0 Å². The van der Waals surface area contributed by atoms with Gasteiger partial charge >= 0.3 is 5.97 Å². The largest absolute Gasteiger partial charge is 0.478 e. The smallest absolute Gasteiger partial charge is 0.335 e. The van der Waals surface area contributed by atoms with Crippen LogP contribution in [0.1, 0.15) is 20.7 Å². The molecule has 1 amide bonds. The zero-order valence-corrected chi connectivity index (χ0v) is 16.6. The molecule has 0 heterocycles. The summed E-state index contributed by atoms with van der Waals surface area (Å²) < 4.78 is 40.3. The quantitative estimate of drug-likeness (QED) is 0.624. The highest BCUT2D eigenvalue weighted by Gasteiger charge is 2.25. The third-order valence-corrected chi connectivity index (χ3v) is 6.20. The number of sulfonamides is 1. The lowest BCUT2D eigenvalue weighted by molar-refractivity contribution is 0.0696. The van der Waals surface area contributed by atoms with Gasteiger partial charge < -0.3 is 10.4 Å². The molecule has 30 heavy (non-hydrogen) atoms. The maximum Gasteiger partial charge on any atom is 0.335 e. The van der Waals surface area contributed by atoms with Gasteiger partial charge in [-0.3, -0.25) is 9.10 Å². The Hall–Kier alpha value is -3.72. The summed E-state index contributed by atoms with van der Waals surface area (Å²) in [5, 5.41) is 11.5. The molecule has 0 spiro atoms. The van der Waals surface area contributed by atoms with Crippen LogP contribution in [0.3, 0.4) is 0 Å². The zero-order chi connectivity index (χ0) is 21.9. The monoisotopic (exact) mass is 428 g/mol. The van der Waals surface area contributed by atoms with Gasteiger partial charge in [0, 0.05) is 12.6 Å². The Labute approximate surface area is 172 Å². The molecular weight excluding hydrogens is 411 g/mol. The second-order valence-corrected chi connectivity index (χ2v) is 8.22. The summed E-state index contributed by atoms with van der Waals surface area (Å²) in [5.41, 5.74) is 0.498. The van der Waals surface area contributed by atoms with Gasteiger partial charge in [-0.2, -0.15) is 0 Å². The van der Waals surface area contributed by atoms with Crippen LogP contribution in [0.4, 0.5) is 15.8 Å². The predicted molar refractivity (Wildman–Crippen MR) is 110 cm³/mol. The molecule has 3 aromatic rings. The number of hydrogen-bond acceptors (Lipinski definition) is 4. The van der Waals surface area contributed by atoms with E-state index in [0.717, 1.165) is 16.4 Å². The van der Waals surface area contributed by atoms with Gasteiger partial charge in [0.1, 0.15) is 10.7 Å². The fraction of sp³-hybridized carbons (Fsp3) is 0.0476. The number of nitrogens with zero attached hydrogens (tertiary/aromatic N) is 1. The number of para-hydroxylation sites is 1. The molecule has 154 valence electrons. The fourth-order valence-corrected chi connectivity index (χ4v) is 4.03. The highest BCUT2D eigenvalue weighted by atomic mass is 32.2. The maximum atomic E-state index is 13.1. The summed E-state index contributed by atoms with van der Waals surface area (Å²) in [6, 6.07) is 16.1. The van der Waals surface area contributed by atoms with E-state index >= 15 is 0 Å². The Bertz CT molecular complexity index is 1190. The number of carboxylic acids is 1. The number of carbonyl (C=O) groups excluding carboxylic acids is 1. The summed E-state index contributed by atoms with van der Waals surface area (Å²) in [6.07, 6.45) is 0. The normalized spacial score (nSPS) is 11.0. The topological polar surface area (TPSA) is 104 Å². The van der Waals surface area contributed by atoms with Crippen molar-refractivity contribution in [3.05, 3.63) is 89.7 Å². The van der Waals surface area contributed by atoms with E-state index in [2.05, 4.69) is 5.32 Å². The van der Waals surface area contributed by atoms with Crippen LogP contribution in [0, 0.1) is 5.82 Å². The molecule has 0 aliphatic rings. The van der Waals surface area contributed by atoms with Crippen molar-refractivity contribution < 1.29 is 27.5 Å². The third kappa shape index (κ3) is 4.31. The van der Waals surface area contributed by atoms with E-state index in [1.807, 2.05) is 0 Å². The van der Waals surface area contributed by atoms with Gasteiger partial charge in [-0.15, -0.1) is 0 Å². The van der Waals surface area contributed by atoms with E-state index in [0.29, 0.717) is 0 Å². The lowest BCUT2D eigenvalue weighted by Gasteiger charge is -2.21. The van der Waals surface area contributed by atoms with Crippen LogP contribution >= 0.6 is 0 Å². The maximum absolute atomic E-state index is 13.1. The SMILES string of the molecule is CN(c1ccc(C(=O)O)cc1)S(=O)(=O)c1ccccc1NC(=O)c1ccc(F)cc1. The summed E-state index contributed by atoms with van der Waals surface area (Å²) >= 11 is 0. The Balaban J connectivity index is 1.92. The molecule has 9 heteroatoms. The van der Waals surface area contributed by atoms with Crippen LogP contribution in [-0.4, -0.2) is 32.4 Å². The highest BCUT2D eigenvalue weighted by Crippen LogP contribution is 2.28. The number of carbonyl (C=O) groups is 2. The number of amides is 1. The number of benzene rings is 3. The van der Waals surface area contributed by atoms with Crippen LogP contribution in [0.25, 0.3) is 0 Å². The second-order valence-electron chi connectivity index (χ2n) is 6.28. The number of nitrogens with one attached hydrogen (secondary N) is 1. The zero-order valence-electron chi connectivity index (χ0n) is 15.7. The first kappa shape index (κ1) is 21.0. The van der Waals surface area contributed by atoms with Gasteiger partial charge in [-0.25, -0.2) is 17.6 Å². The van der Waals surface area contributed by atoms with E-state index in [1.54, 1.807) is 6.07 Å². The van der Waals surface area contributed by atoms with Crippen LogP contribution in [0.15, 0.2) is 77.7 Å². The summed E-state index contributed by atoms with van der Waals surface area (Å²) in [4.78, 5) is 23.3. The molecule has 0 saturated heterocycles. The first-order chi connectivity index (χ1) is 14.2. The lowest BCUT2D eigenvalue weighted by Crippen LogP contribution is -2.28. The predicted octanol–water partition coefficient (Wildman–Crippen LogP) is 3.60. The van der Waals surface area contributed by atoms with Gasteiger partial charge in [-0.05, 0) is 60.7 Å². The minimum absolute atomic E-state index is 0.0245. The molecule has 0 saturated carbocycles. The van der Waals surface area contributed by atoms with Crippen LogP contribution in [0.5, 0.6) is 0 Å². The Morgan fingerprint density at radius 3 is 2.07 bits per heavy atom. The van der Waals surface area contributed by atoms with Gasteiger partial charge in [0.05, 0.1) is 16.9 Å². The highest BCUT2D eigenvalue weighted by molar-refractivity contribution is 7.93. The van der Waals surface area contributed by atoms with Crippen molar-refractivity contribution in [3.8, 4) is 0 Å². The average Bonchev–Trinajstić information content (AvgIpc) is 2.74. The van der Waals surface area contributed by atoms with E-state index in [9.17, 15) is 22.4 Å². The van der Waals surface area contributed by atoms with E-state index in [1.165, 1.54) is 61.6 Å². The van der Waals surface area contributed by atoms with Gasteiger partial charge in [0.15, 0.2) is 0 Å². The molecule has 3 aromatic carbocycles. The molecule has 0 atom stereocenters. The third-order valence-electron chi connectivity index (χ3n) is 4.36. The number of carboxylic acid groups (broad SMARTS) is 1. The lowest BCUT2D eigenvalue weighted by atomic mass is 10.2. The molecule has 0 aromatic heterocycles. The van der Waals surface area contributed by atoms with E-state index in [-0.39, 0.29) is 27.4 Å². The minimum atomic E-state index is -4.08. The average molecular weight is 428 g/mol. The molecular formula is C21H17FN2O5S. The minimum Gasteiger partial charge on any atom is -0.478 e. The molecule has 0 radical (unpaired) electrons. The number of halogens is 1. The van der Waals surface area contributed by atoms with Crippen molar-refractivity contribution in [2.45, 2.75) is 4.90 Å². The number of aromatic carboxylic acids is 1. The second kappa shape index (κ2) is 8.34. The fourth-order valence-electron chi connectivity index (χ4n) is 2.69. The first-order valence-corrected chi connectivity index (χ1v) is 10.1. The van der Waals surface area contributed by atoms with Crippen LogP contribution in [-0.2, 0) is 10.0 Å². The van der Waals surface area contributed by atoms with Gasteiger partial charge in [0.25, 0.3) is 15.9 Å². The Morgan fingerprint density at radius 2 is 1.47 bits per heavy atom. The van der Waals surface area contributed by atoms with Crippen molar-refractivity contribution in [2.75, 3.05) is 16.7 Å². The Morgan fingerprint density at radius 1 is 0.900 bits per heavy atom. The number of anilines is 2. The number of rotatable bonds is 6. The number of hydrogen-bond donors (Lipinski definition) is 2. The van der Waals surface area contributed by atoms with Crippen molar-refractivity contribution in [1.29, 1.82) is 0 Å². The Kier molecular flexibility index (Phi) is 5.84. The molecule has 0 aliphatic carbocycles. The van der Waals surface area contributed by atoms with Gasteiger partial charge in [-0.1, -0.05) is 12.1 Å². The first-order valence-electron chi connectivity index (χ1n) is 8.68. The van der Waals surface area contributed by atoms with Crippen LogP contribution in [0.2, 0.25) is 0 Å². The van der Waals surface area contributed by atoms with Crippen molar-refractivity contribution in [3.63, 3.8) is 0 Å². The summed E-state index contributed by atoms with van der Waals surface area (Å²) in [5.74, 6) is -2.21. The van der Waals surface area contributed by atoms with Crippen molar-refractivity contribution >= 4 is 33.3 Å². The van der Waals surface area contributed by atoms with E-state index < -0.39 is 27.7 Å². The molecule has 0 unspecified atom stereocenters. The summed E-state index contributed by atoms with van der Waals surface area (Å²) in [7, 11) is -2.76. The molecule has 0 bridgehead atoms. The van der Waals surface area contributed by atoms with Crippen LogP contribution < -0.4 is 9.62 Å². The molecule has 0 fully saturated rings. The molecule has 7 nitrogen and oxygen atoms in total. The standard InChI is InChI=1S/C21H17FN2O5S/c1-24(17-12-8-15(9-13-17)21(26)27)30(28,29)19-5-3-2-4-18(19)23-20(25)14-6-10-16(22)11-7-14/h2-13H,1H3,(H,23,25)(H,26,27). The summed E-state index contributed by atoms with van der Waals surface area (Å²) in [6.45, 7) is 0. The molecule has 0 aliphatic heterocycles. The van der Waals surface area contributed by atoms with E-state index in [4.69, 9.17) is 5.11 Å². The molecule has 3 rings (SSSR count). The molecule has 2 N–H and O–H groups in total. The van der Waals surface area contributed by atoms with Crippen molar-refractivity contribution in [2.24, 2.45) is 0 Å². The van der Waals surface area contributed by atoms with Gasteiger partial charge in [0.2, 0.25) is 0 Å².